The van der Waals surface area contributed by atoms with Crippen LogP contribution in [0.25, 0.3) is 0 Å². The molecule has 4 nitrogen and oxygen atoms in total. The van der Waals surface area contributed by atoms with Crippen molar-refractivity contribution in [1.82, 2.24) is 0 Å². The zero-order valence-corrected chi connectivity index (χ0v) is 13.3. The Labute approximate surface area is 140 Å². The van der Waals surface area contributed by atoms with Crippen molar-refractivity contribution in [3.05, 3.63) is 42.5 Å². The van der Waals surface area contributed by atoms with E-state index in [4.69, 9.17) is 0 Å². The summed E-state index contributed by atoms with van der Waals surface area (Å²) in [6.07, 6.45) is 6.69. The molecule has 2 N–H and O–H groups in total. The summed E-state index contributed by atoms with van der Waals surface area (Å²) >= 11 is 0. The number of allylic oxidation sites excluding steroid dienone is 2. The average Bonchev–Trinajstić information content (AvgIpc) is 3.32. The third kappa shape index (κ3) is 1.80. The number of rotatable bonds is 3. The van der Waals surface area contributed by atoms with E-state index in [-0.39, 0.29) is 23.7 Å². The van der Waals surface area contributed by atoms with Gasteiger partial charge in [-0.25, -0.2) is 0 Å². The molecule has 0 radical (unpaired) electrons. The fraction of sp³-hybridized carbons (Fsp3) is 0.500. The number of nitrogens with one attached hydrogen (secondary N) is 1. The van der Waals surface area contributed by atoms with Gasteiger partial charge in [0.25, 0.3) is 0 Å². The van der Waals surface area contributed by atoms with E-state index in [1.54, 1.807) is 0 Å². The first kappa shape index (κ1) is 14.3. The Morgan fingerprint density at radius 1 is 0.917 bits per heavy atom. The molecular formula is C20H21NO3. The highest BCUT2D eigenvalue weighted by Gasteiger charge is 2.67. The highest BCUT2D eigenvalue weighted by atomic mass is 16.4. The lowest BCUT2D eigenvalue weighted by Crippen LogP contribution is -2.45. The number of carboxylic acid groups (broad SMARTS) is 1. The molecule has 0 aromatic heterocycles. The molecule has 4 bridgehead atoms. The van der Waals surface area contributed by atoms with E-state index in [9.17, 15) is 14.7 Å². The first-order valence-electron chi connectivity index (χ1n) is 8.92. The molecule has 4 aliphatic carbocycles. The van der Waals surface area contributed by atoms with E-state index in [1.165, 1.54) is 6.42 Å². The van der Waals surface area contributed by atoms with Crippen LogP contribution in [0.3, 0.4) is 0 Å². The van der Waals surface area contributed by atoms with Gasteiger partial charge >= 0.3 is 5.97 Å². The zero-order valence-electron chi connectivity index (χ0n) is 13.3. The van der Waals surface area contributed by atoms with Crippen LogP contribution >= 0.6 is 0 Å². The number of benzene rings is 1. The summed E-state index contributed by atoms with van der Waals surface area (Å²) in [7, 11) is 0. The Kier molecular flexibility index (Phi) is 2.94. The van der Waals surface area contributed by atoms with E-state index < -0.39 is 11.9 Å². The van der Waals surface area contributed by atoms with Crippen LogP contribution < -0.4 is 5.32 Å². The van der Waals surface area contributed by atoms with Crippen LogP contribution in [0.15, 0.2) is 42.5 Å². The van der Waals surface area contributed by atoms with Gasteiger partial charge in [-0.2, -0.15) is 0 Å². The van der Waals surface area contributed by atoms with Crippen molar-refractivity contribution in [2.24, 2.45) is 47.3 Å². The lowest BCUT2D eigenvalue weighted by atomic mass is 9.64. The minimum atomic E-state index is -0.791. The fourth-order valence-corrected chi connectivity index (χ4v) is 6.48. The molecule has 8 atom stereocenters. The molecular weight excluding hydrogens is 302 g/mol. The first-order chi connectivity index (χ1) is 11.6. The molecule has 4 heteroatoms. The summed E-state index contributed by atoms with van der Waals surface area (Å²) < 4.78 is 0. The van der Waals surface area contributed by atoms with E-state index in [2.05, 4.69) is 17.5 Å². The second kappa shape index (κ2) is 4.95. The van der Waals surface area contributed by atoms with E-state index in [1.807, 2.05) is 30.3 Å². The van der Waals surface area contributed by atoms with Gasteiger partial charge in [0.05, 0.1) is 11.8 Å². The third-order valence-corrected chi connectivity index (χ3v) is 7.05. The number of hydrogen-bond donors (Lipinski definition) is 2. The molecule has 0 spiro atoms. The van der Waals surface area contributed by atoms with Crippen LogP contribution in [0.1, 0.15) is 12.8 Å². The molecule has 4 aliphatic rings. The molecule has 1 aromatic rings. The summed E-state index contributed by atoms with van der Waals surface area (Å²) in [5.74, 6) is 0.723. The van der Waals surface area contributed by atoms with Crippen LogP contribution in [-0.4, -0.2) is 17.0 Å². The molecule has 1 amide bonds. The number of hydrogen-bond acceptors (Lipinski definition) is 2. The van der Waals surface area contributed by atoms with Gasteiger partial charge in [-0.15, -0.1) is 0 Å². The first-order valence-corrected chi connectivity index (χ1v) is 8.92. The van der Waals surface area contributed by atoms with Gasteiger partial charge in [-0.05, 0) is 60.5 Å². The molecule has 8 unspecified atom stereocenters. The Hall–Kier alpha value is -2.10. The second-order valence-corrected chi connectivity index (χ2v) is 7.91. The summed E-state index contributed by atoms with van der Waals surface area (Å²) in [5.41, 5.74) is 0.749. The number of carbonyl (C=O) groups is 2. The number of carboxylic acids is 1. The average molecular weight is 323 g/mol. The summed E-state index contributed by atoms with van der Waals surface area (Å²) in [5, 5.41) is 12.8. The fourth-order valence-electron chi connectivity index (χ4n) is 6.48. The summed E-state index contributed by atoms with van der Waals surface area (Å²) in [6.45, 7) is 0. The molecule has 5 rings (SSSR count). The number of para-hydroxylation sites is 1. The van der Waals surface area contributed by atoms with Crippen molar-refractivity contribution >= 4 is 17.6 Å². The predicted octanol–water partition coefficient (Wildman–Crippen LogP) is 3.03. The standard InChI is InChI=1S/C20H21NO3/c22-19(21-12-4-2-1-3-5-12)17-13-9-14(18(17)20(23)24)16-11-7-6-10(8-11)15(13)16/h1-7,10-11,13-18H,8-9H2,(H,21,22)(H,23,24). The highest BCUT2D eigenvalue weighted by molar-refractivity contribution is 5.96. The minimum Gasteiger partial charge on any atom is -0.481 e. The predicted molar refractivity (Wildman–Crippen MR) is 89.0 cm³/mol. The van der Waals surface area contributed by atoms with Gasteiger partial charge < -0.3 is 10.4 Å². The van der Waals surface area contributed by atoms with Crippen LogP contribution in [-0.2, 0) is 9.59 Å². The number of amides is 1. The molecule has 0 aliphatic heterocycles. The van der Waals surface area contributed by atoms with Gasteiger partial charge in [0.15, 0.2) is 0 Å². The van der Waals surface area contributed by atoms with E-state index >= 15 is 0 Å². The SMILES string of the molecule is O=C(O)C1C2CC(C1C(=O)Nc1ccccc1)C1C3C=CC(C3)C21. The molecule has 3 saturated carbocycles. The second-order valence-electron chi connectivity index (χ2n) is 7.91. The van der Waals surface area contributed by atoms with Gasteiger partial charge in [0, 0.05) is 5.69 Å². The molecule has 124 valence electrons. The van der Waals surface area contributed by atoms with Crippen LogP contribution in [0.4, 0.5) is 5.69 Å². The Bertz CT molecular complexity index is 728. The maximum atomic E-state index is 12.9. The zero-order chi connectivity index (χ0) is 16.4. The van der Waals surface area contributed by atoms with Crippen molar-refractivity contribution in [3.8, 4) is 0 Å². The summed E-state index contributed by atoms with van der Waals surface area (Å²) in [6, 6.07) is 9.36. The third-order valence-electron chi connectivity index (χ3n) is 7.05. The monoisotopic (exact) mass is 323 g/mol. The molecule has 3 fully saturated rings. The normalized spacial score (nSPS) is 43.8. The van der Waals surface area contributed by atoms with Gasteiger partial charge in [0.2, 0.25) is 5.91 Å². The van der Waals surface area contributed by atoms with Crippen molar-refractivity contribution in [2.45, 2.75) is 12.8 Å². The molecule has 0 saturated heterocycles. The topological polar surface area (TPSA) is 66.4 Å². The van der Waals surface area contributed by atoms with Crippen LogP contribution in [0, 0.1) is 47.3 Å². The lowest BCUT2D eigenvalue weighted by Gasteiger charge is -2.39. The highest BCUT2D eigenvalue weighted by Crippen LogP contribution is 2.68. The smallest absolute Gasteiger partial charge is 0.307 e. The van der Waals surface area contributed by atoms with Crippen molar-refractivity contribution in [3.63, 3.8) is 0 Å². The lowest BCUT2D eigenvalue weighted by molar-refractivity contribution is -0.150. The largest absolute Gasteiger partial charge is 0.481 e. The Balaban J connectivity index is 1.46. The van der Waals surface area contributed by atoms with Gasteiger partial charge in [-0.3, -0.25) is 9.59 Å². The Morgan fingerprint density at radius 2 is 1.54 bits per heavy atom. The van der Waals surface area contributed by atoms with Crippen molar-refractivity contribution < 1.29 is 14.7 Å². The van der Waals surface area contributed by atoms with Crippen LogP contribution in [0.2, 0.25) is 0 Å². The number of carbonyl (C=O) groups excluding carboxylic acids is 1. The van der Waals surface area contributed by atoms with Gasteiger partial charge in [-0.1, -0.05) is 30.4 Å². The molecule has 24 heavy (non-hydrogen) atoms. The van der Waals surface area contributed by atoms with E-state index in [0.717, 1.165) is 12.1 Å². The molecule has 1 aromatic carbocycles. The van der Waals surface area contributed by atoms with Crippen molar-refractivity contribution in [1.29, 1.82) is 0 Å². The van der Waals surface area contributed by atoms with Crippen LogP contribution in [0.5, 0.6) is 0 Å². The van der Waals surface area contributed by atoms with Gasteiger partial charge in [0.1, 0.15) is 0 Å². The van der Waals surface area contributed by atoms with E-state index in [0.29, 0.717) is 23.7 Å². The summed E-state index contributed by atoms with van der Waals surface area (Å²) in [4.78, 5) is 24.9. The minimum absolute atomic E-state index is 0.105. The maximum absolute atomic E-state index is 12.9. The quantitative estimate of drug-likeness (QED) is 0.664. The number of aliphatic carboxylic acids is 1. The number of anilines is 1. The number of fused-ring (bicyclic) bond motifs is 9. The Morgan fingerprint density at radius 3 is 2.17 bits per heavy atom. The maximum Gasteiger partial charge on any atom is 0.307 e. The van der Waals surface area contributed by atoms with Crippen molar-refractivity contribution in [2.75, 3.05) is 5.32 Å². The molecule has 0 heterocycles.